The minimum Gasteiger partial charge on any atom is -0.327 e. The van der Waals surface area contributed by atoms with Gasteiger partial charge in [0.05, 0.1) is 0 Å². The fraction of sp³-hybridized carbons (Fsp3) is 0.650. The molecule has 0 bridgehead atoms. The van der Waals surface area contributed by atoms with Gasteiger partial charge in [-0.15, -0.1) is 0 Å². The lowest BCUT2D eigenvalue weighted by Gasteiger charge is -2.30. The number of nitrogens with two attached hydrogens (primary N) is 1. The summed E-state index contributed by atoms with van der Waals surface area (Å²) in [5.74, 6) is 1.29. The van der Waals surface area contributed by atoms with Gasteiger partial charge in [0.1, 0.15) is 0 Å². The van der Waals surface area contributed by atoms with Crippen molar-refractivity contribution in [2.24, 2.45) is 17.6 Å². The predicted octanol–water partition coefficient (Wildman–Crippen LogP) is 3.93. The second-order valence-corrected chi connectivity index (χ2v) is 7.80. The molecule has 1 heterocycles. The summed E-state index contributed by atoms with van der Waals surface area (Å²) >= 11 is 0. The number of amides is 1. The van der Waals surface area contributed by atoms with Crippen LogP contribution in [0, 0.1) is 11.8 Å². The molecule has 0 radical (unpaired) electrons. The van der Waals surface area contributed by atoms with E-state index in [1.54, 1.807) is 0 Å². The number of hydrogen-bond donors (Lipinski definition) is 1. The fourth-order valence-corrected chi connectivity index (χ4v) is 3.49. The van der Waals surface area contributed by atoms with Crippen LogP contribution in [0.3, 0.4) is 0 Å². The normalized spacial score (nSPS) is 15.9. The van der Waals surface area contributed by atoms with Gasteiger partial charge in [-0.2, -0.15) is 0 Å². The number of aryl methyl sites for hydroxylation is 1. The van der Waals surface area contributed by atoms with Crippen LogP contribution in [0.15, 0.2) is 18.2 Å². The molecular formula is C20H32N2O. The summed E-state index contributed by atoms with van der Waals surface area (Å²) in [6, 6.07) is 6.77. The number of carbonyl (C=O) groups excluding carboxylic acids is 1. The summed E-state index contributed by atoms with van der Waals surface area (Å²) in [6.45, 7) is 9.48. The first-order chi connectivity index (χ1) is 10.9. The molecule has 0 spiro atoms. The van der Waals surface area contributed by atoms with Gasteiger partial charge in [-0.3, -0.25) is 4.79 Å². The summed E-state index contributed by atoms with van der Waals surface area (Å²) in [6.07, 6.45) is 4.72. The molecule has 2 N–H and O–H groups in total. The van der Waals surface area contributed by atoms with Crippen molar-refractivity contribution in [1.29, 1.82) is 0 Å². The van der Waals surface area contributed by atoms with Gasteiger partial charge >= 0.3 is 0 Å². The quantitative estimate of drug-likeness (QED) is 0.864. The van der Waals surface area contributed by atoms with E-state index in [9.17, 15) is 4.79 Å². The van der Waals surface area contributed by atoms with Crippen LogP contribution in [-0.4, -0.2) is 18.5 Å². The molecule has 128 valence electrons. The highest BCUT2D eigenvalue weighted by atomic mass is 16.2. The molecular weight excluding hydrogens is 284 g/mol. The molecule has 0 saturated heterocycles. The highest BCUT2D eigenvalue weighted by molar-refractivity contribution is 5.94. The monoisotopic (exact) mass is 316 g/mol. The average molecular weight is 316 g/mol. The van der Waals surface area contributed by atoms with Crippen molar-refractivity contribution in [3.8, 4) is 0 Å². The van der Waals surface area contributed by atoms with Crippen LogP contribution in [0.5, 0.6) is 0 Å². The lowest BCUT2D eigenvalue weighted by Crippen LogP contribution is -2.36. The highest BCUT2D eigenvalue weighted by Crippen LogP contribution is 2.29. The van der Waals surface area contributed by atoms with E-state index in [-0.39, 0.29) is 11.9 Å². The van der Waals surface area contributed by atoms with Crippen molar-refractivity contribution >= 4 is 11.6 Å². The third-order valence-corrected chi connectivity index (χ3v) is 4.42. The van der Waals surface area contributed by atoms with Gasteiger partial charge < -0.3 is 10.6 Å². The lowest BCUT2D eigenvalue weighted by molar-refractivity contribution is -0.119. The van der Waals surface area contributed by atoms with Crippen molar-refractivity contribution < 1.29 is 4.79 Å². The molecule has 3 heteroatoms. The fourth-order valence-electron chi connectivity index (χ4n) is 3.49. The topological polar surface area (TPSA) is 46.3 Å². The van der Waals surface area contributed by atoms with Gasteiger partial charge in [-0.05, 0) is 54.7 Å². The molecule has 1 aliphatic rings. The maximum Gasteiger partial charge on any atom is 0.227 e. The van der Waals surface area contributed by atoms with Crippen LogP contribution in [-0.2, 0) is 17.6 Å². The van der Waals surface area contributed by atoms with Gasteiger partial charge in [-0.1, -0.05) is 39.8 Å². The van der Waals surface area contributed by atoms with Gasteiger partial charge in [0.25, 0.3) is 0 Å². The SMILES string of the molecule is CC(C)CC(=O)N1CCCc2cc(CC(N)CC(C)C)ccc21. The van der Waals surface area contributed by atoms with Crippen molar-refractivity contribution in [3.05, 3.63) is 29.3 Å². The second-order valence-electron chi connectivity index (χ2n) is 7.80. The highest BCUT2D eigenvalue weighted by Gasteiger charge is 2.23. The second kappa shape index (κ2) is 7.96. The van der Waals surface area contributed by atoms with Gasteiger partial charge in [0.2, 0.25) is 5.91 Å². The molecule has 1 aromatic carbocycles. The molecule has 1 atom stereocenters. The Morgan fingerprint density at radius 2 is 1.96 bits per heavy atom. The molecule has 1 aliphatic heterocycles. The van der Waals surface area contributed by atoms with E-state index in [0.29, 0.717) is 18.3 Å². The molecule has 1 aromatic rings. The zero-order chi connectivity index (χ0) is 17.0. The smallest absolute Gasteiger partial charge is 0.227 e. The Hall–Kier alpha value is -1.35. The maximum absolute atomic E-state index is 12.5. The number of anilines is 1. The average Bonchev–Trinajstić information content (AvgIpc) is 2.44. The van der Waals surface area contributed by atoms with Gasteiger partial charge in [0.15, 0.2) is 0 Å². The zero-order valence-corrected chi connectivity index (χ0v) is 15.1. The van der Waals surface area contributed by atoms with E-state index in [1.807, 2.05) is 4.90 Å². The Labute approximate surface area is 141 Å². The van der Waals surface area contributed by atoms with E-state index in [1.165, 1.54) is 11.1 Å². The van der Waals surface area contributed by atoms with Gasteiger partial charge in [0, 0.05) is 24.7 Å². The number of fused-ring (bicyclic) bond motifs is 1. The maximum atomic E-state index is 12.5. The van der Waals surface area contributed by atoms with E-state index >= 15 is 0 Å². The third kappa shape index (κ3) is 5.07. The number of hydrogen-bond acceptors (Lipinski definition) is 2. The van der Waals surface area contributed by atoms with Crippen molar-refractivity contribution in [2.45, 2.75) is 65.8 Å². The van der Waals surface area contributed by atoms with Crippen molar-refractivity contribution in [2.75, 3.05) is 11.4 Å². The molecule has 0 aliphatic carbocycles. The van der Waals surface area contributed by atoms with Gasteiger partial charge in [-0.25, -0.2) is 0 Å². The van der Waals surface area contributed by atoms with Crippen LogP contribution in [0.1, 0.15) is 58.1 Å². The number of nitrogens with zero attached hydrogens (tertiary/aromatic N) is 1. The first kappa shape index (κ1) is 18.0. The molecule has 0 aromatic heterocycles. The van der Waals surface area contributed by atoms with Crippen LogP contribution in [0.2, 0.25) is 0 Å². The number of carbonyl (C=O) groups is 1. The molecule has 23 heavy (non-hydrogen) atoms. The Bertz CT molecular complexity index is 536. The lowest BCUT2D eigenvalue weighted by atomic mass is 9.93. The minimum absolute atomic E-state index is 0.218. The van der Waals surface area contributed by atoms with E-state index in [4.69, 9.17) is 5.73 Å². The first-order valence-corrected chi connectivity index (χ1v) is 9.04. The van der Waals surface area contributed by atoms with E-state index in [0.717, 1.165) is 37.9 Å². The standard InChI is InChI=1S/C20H32N2O/c1-14(2)10-18(21)13-16-7-8-19-17(12-16)6-5-9-22(19)20(23)11-15(3)4/h7-8,12,14-15,18H,5-6,9-11,13,21H2,1-4H3. The Kier molecular flexibility index (Phi) is 6.23. The summed E-state index contributed by atoms with van der Waals surface area (Å²) in [5.41, 5.74) is 9.97. The van der Waals surface area contributed by atoms with Crippen LogP contribution in [0.25, 0.3) is 0 Å². The van der Waals surface area contributed by atoms with Crippen LogP contribution < -0.4 is 10.6 Å². The molecule has 1 amide bonds. The van der Waals surface area contributed by atoms with Crippen molar-refractivity contribution in [3.63, 3.8) is 0 Å². The Morgan fingerprint density at radius 1 is 1.22 bits per heavy atom. The summed E-state index contributed by atoms with van der Waals surface area (Å²) in [7, 11) is 0. The molecule has 0 saturated carbocycles. The minimum atomic E-state index is 0.218. The summed E-state index contributed by atoms with van der Waals surface area (Å²) in [5, 5.41) is 0. The van der Waals surface area contributed by atoms with E-state index < -0.39 is 0 Å². The molecule has 3 nitrogen and oxygen atoms in total. The van der Waals surface area contributed by atoms with Crippen molar-refractivity contribution in [1.82, 2.24) is 0 Å². The molecule has 0 fully saturated rings. The predicted molar refractivity (Wildman–Crippen MR) is 97.7 cm³/mol. The Morgan fingerprint density at radius 3 is 2.61 bits per heavy atom. The first-order valence-electron chi connectivity index (χ1n) is 9.04. The third-order valence-electron chi connectivity index (χ3n) is 4.42. The largest absolute Gasteiger partial charge is 0.327 e. The number of benzene rings is 1. The Balaban J connectivity index is 2.12. The van der Waals surface area contributed by atoms with Crippen LogP contribution in [0.4, 0.5) is 5.69 Å². The summed E-state index contributed by atoms with van der Waals surface area (Å²) in [4.78, 5) is 14.4. The summed E-state index contributed by atoms with van der Waals surface area (Å²) < 4.78 is 0. The molecule has 1 unspecified atom stereocenters. The molecule has 2 rings (SSSR count). The van der Waals surface area contributed by atoms with Crippen LogP contribution >= 0.6 is 0 Å². The van der Waals surface area contributed by atoms with E-state index in [2.05, 4.69) is 45.9 Å². The number of rotatable bonds is 6. The zero-order valence-electron chi connectivity index (χ0n) is 15.1.